The first kappa shape index (κ1) is 17.8. The predicted molar refractivity (Wildman–Crippen MR) is 97.0 cm³/mol. The van der Waals surface area contributed by atoms with E-state index < -0.39 is 0 Å². The number of ether oxygens (including phenoxy) is 4. The van der Waals surface area contributed by atoms with Gasteiger partial charge < -0.3 is 18.9 Å². The lowest BCUT2D eigenvalue weighted by molar-refractivity contribution is -0.135. The van der Waals surface area contributed by atoms with Crippen LogP contribution in [0.3, 0.4) is 0 Å². The minimum absolute atomic E-state index is 0.119. The highest BCUT2D eigenvalue weighted by molar-refractivity contribution is 5.50. The van der Waals surface area contributed by atoms with Crippen LogP contribution in [0.15, 0.2) is 48.4 Å². The van der Waals surface area contributed by atoms with Crippen molar-refractivity contribution in [1.29, 1.82) is 0 Å². The highest BCUT2D eigenvalue weighted by Gasteiger charge is 2.15. The van der Waals surface area contributed by atoms with E-state index in [4.69, 9.17) is 18.9 Å². The Morgan fingerprint density at radius 1 is 1.00 bits per heavy atom. The zero-order valence-electron chi connectivity index (χ0n) is 14.6. The molecule has 134 valence electrons. The van der Waals surface area contributed by atoms with Gasteiger partial charge in [0.25, 0.3) is 0 Å². The van der Waals surface area contributed by atoms with E-state index in [0.29, 0.717) is 5.76 Å². The summed E-state index contributed by atoms with van der Waals surface area (Å²) >= 11 is 0. The Hall–Kier alpha value is -2.00. The zero-order valence-corrected chi connectivity index (χ0v) is 14.6. The fourth-order valence-corrected chi connectivity index (χ4v) is 2.84. The molecule has 0 saturated carbocycles. The Bertz CT molecular complexity index is 601. The second-order valence-electron chi connectivity index (χ2n) is 6.25. The summed E-state index contributed by atoms with van der Waals surface area (Å²) in [5.74, 6) is 1.42. The van der Waals surface area contributed by atoms with Crippen LogP contribution in [0.2, 0.25) is 0 Å². The van der Waals surface area contributed by atoms with Crippen molar-refractivity contribution in [3.8, 4) is 5.75 Å². The van der Waals surface area contributed by atoms with Crippen molar-refractivity contribution in [1.82, 2.24) is 0 Å². The normalized spacial score (nSPS) is 23.2. The van der Waals surface area contributed by atoms with Gasteiger partial charge in [-0.2, -0.15) is 0 Å². The highest BCUT2D eigenvalue weighted by Crippen LogP contribution is 2.20. The van der Waals surface area contributed by atoms with E-state index in [1.54, 1.807) is 6.08 Å². The van der Waals surface area contributed by atoms with E-state index >= 15 is 0 Å². The maximum absolute atomic E-state index is 5.84. The average Bonchev–Trinajstić information content (AvgIpc) is 2.68. The number of benzene rings is 1. The van der Waals surface area contributed by atoms with Gasteiger partial charge >= 0.3 is 0 Å². The van der Waals surface area contributed by atoms with Crippen LogP contribution in [0.4, 0.5) is 0 Å². The van der Waals surface area contributed by atoms with Crippen molar-refractivity contribution >= 4 is 6.08 Å². The molecule has 2 aliphatic heterocycles. The quantitative estimate of drug-likeness (QED) is 0.422. The van der Waals surface area contributed by atoms with Crippen molar-refractivity contribution in [2.75, 3.05) is 13.2 Å². The molecule has 3 rings (SSSR count). The first-order valence-electron chi connectivity index (χ1n) is 9.09. The molecule has 25 heavy (non-hydrogen) atoms. The minimum Gasteiger partial charge on any atom is -0.465 e. The first-order valence-corrected chi connectivity index (χ1v) is 9.09. The van der Waals surface area contributed by atoms with Crippen LogP contribution in [0, 0.1) is 0 Å². The summed E-state index contributed by atoms with van der Waals surface area (Å²) in [5.41, 5.74) is 4.16. The summed E-state index contributed by atoms with van der Waals surface area (Å²) in [6, 6.07) is 7.88. The fraction of sp³-hybridized carbons (Fsp3) is 0.476. The van der Waals surface area contributed by atoms with Crippen molar-refractivity contribution in [2.45, 2.75) is 51.1 Å². The van der Waals surface area contributed by atoms with Crippen LogP contribution in [0.5, 0.6) is 5.75 Å². The molecule has 0 N–H and O–H groups in total. The molecule has 0 bridgehead atoms. The topological polar surface area (TPSA) is 36.9 Å². The van der Waals surface area contributed by atoms with Gasteiger partial charge in [-0.3, -0.25) is 0 Å². The lowest BCUT2D eigenvalue weighted by Gasteiger charge is -2.23. The summed E-state index contributed by atoms with van der Waals surface area (Å²) in [6.07, 6.45) is 9.60. The molecular formula is C21H26O4. The third-order valence-corrected chi connectivity index (χ3v) is 4.25. The highest BCUT2D eigenvalue weighted by atomic mass is 16.7. The van der Waals surface area contributed by atoms with Crippen molar-refractivity contribution in [3.05, 3.63) is 54.0 Å². The second kappa shape index (κ2) is 9.47. The maximum Gasteiger partial charge on any atom is 0.200 e. The Morgan fingerprint density at radius 2 is 1.68 bits per heavy atom. The van der Waals surface area contributed by atoms with Crippen LogP contribution in [0.25, 0.3) is 6.08 Å². The molecule has 2 atom stereocenters. The molecule has 4 nitrogen and oxygen atoms in total. The molecule has 1 aromatic rings. The smallest absolute Gasteiger partial charge is 0.200 e. The molecular weight excluding hydrogens is 316 g/mol. The fourth-order valence-electron chi connectivity index (χ4n) is 2.84. The second-order valence-corrected chi connectivity index (χ2v) is 6.25. The molecule has 0 radical (unpaired) electrons. The molecule has 0 amide bonds. The van der Waals surface area contributed by atoms with Crippen molar-refractivity contribution in [3.63, 3.8) is 0 Å². The summed E-state index contributed by atoms with van der Waals surface area (Å²) < 4.78 is 22.8. The van der Waals surface area contributed by atoms with Gasteiger partial charge in [-0.15, -0.1) is 0 Å². The molecule has 0 aromatic heterocycles. The van der Waals surface area contributed by atoms with Crippen LogP contribution in [-0.4, -0.2) is 25.8 Å². The Kier molecular flexibility index (Phi) is 6.75. The molecule has 0 aliphatic carbocycles. The van der Waals surface area contributed by atoms with E-state index in [1.807, 2.05) is 30.3 Å². The van der Waals surface area contributed by atoms with Crippen LogP contribution < -0.4 is 4.74 Å². The first-order chi connectivity index (χ1) is 12.3. The maximum atomic E-state index is 5.84. The molecule has 4 heteroatoms. The van der Waals surface area contributed by atoms with E-state index in [1.165, 1.54) is 0 Å². The van der Waals surface area contributed by atoms with Gasteiger partial charge in [0.1, 0.15) is 5.75 Å². The third kappa shape index (κ3) is 5.79. The molecule has 0 spiro atoms. The number of allylic oxidation sites excluding steroid dienone is 1. The van der Waals surface area contributed by atoms with Gasteiger partial charge in [0, 0.05) is 12.8 Å². The largest absolute Gasteiger partial charge is 0.465 e. The predicted octanol–water partition coefficient (Wildman–Crippen LogP) is 4.82. The van der Waals surface area contributed by atoms with E-state index in [2.05, 4.69) is 12.3 Å². The van der Waals surface area contributed by atoms with Gasteiger partial charge in [0.05, 0.1) is 13.2 Å². The third-order valence-electron chi connectivity index (χ3n) is 4.25. The van der Waals surface area contributed by atoms with E-state index in [-0.39, 0.29) is 12.6 Å². The van der Waals surface area contributed by atoms with E-state index in [0.717, 1.165) is 63.1 Å². The average molecular weight is 342 g/mol. The van der Waals surface area contributed by atoms with Gasteiger partial charge in [0.15, 0.2) is 12.0 Å². The number of rotatable bonds is 6. The molecule has 2 unspecified atom stereocenters. The molecule has 2 heterocycles. The van der Waals surface area contributed by atoms with Gasteiger partial charge in [0.2, 0.25) is 6.29 Å². The summed E-state index contributed by atoms with van der Waals surface area (Å²) in [6.45, 7) is 5.32. The summed E-state index contributed by atoms with van der Waals surface area (Å²) in [7, 11) is 0. The van der Waals surface area contributed by atoms with Crippen LogP contribution in [-0.2, 0) is 14.2 Å². The van der Waals surface area contributed by atoms with Crippen molar-refractivity contribution in [2.24, 2.45) is 0 Å². The molecule has 2 aliphatic rings. The van der Waals surface area contributed by atoms with E-state index in [9.17, 15) is 0 Å². The standard InChI is InChI=1S/C21H26O4/c1-2-18(24-20-7-3-5-15-22-20)12-9-17-10-13-19(14-11-17)25-21-8-4-6-16-23-21/h2,9-11,13-14,20-21H,1,3-8,15-16H2. The molecule has 1 aromatic carbocycles. The lowest BCUT2D eigenvalue weighted by atomic mass is 10.2. The van der Waals surface area contributed by atoms with Gasteiger partial charge in [-0.1, -0.05) is 24.4 Å². The summed E-state index contributed by atoms with van der Waals surface area (Å²) in [4.78, 5) is 0. The molecule has 2 fully saturated rings. The molecule has 2 saturated heterocycles. The monoisotopic (exact) mass is 342 g/mol. The van der Waals surface area contributed by atoms with Crippen LogP contribution >= 0.6 is 0 Å². The van der Waals surface area contributed by atoms with Crippen molar-refractivity contribution < 1.29 is 18.9 Å². The minimum atomic E-state index is -0.186. The lowest BCUT2D eigenvalue weighted by Crippen LogP contribution is -2.24. The number of hydrogen-bond donors (Lipinski definition) is 0. The Morgan fingerprint density at radius 3 is 2.28 bits per heavy atom. The summed E-state index contributed by atoms with van der Waals surface area (Å²) in [5, 5.41) is 0. The number of hydrogen-bond acceptors (Lipinski definition) is 4. The van der Waals surface area contributed by atoms with Crippen LogP contribution in [0.1, 0.15) is 44.1 Å². The Balaban J connectivity index is 1.58. The van der Waals surface area contributed by atoms with Gasteiger partial charge in [-0.05, 0) is 55.5 Å². The van der Waals surface area contributed by atoms with Gasteiger partial charge in [-0.25, -0.2) is 0 Å². The Labute approximate surface area is 149 Å². The SMILES string of the molecule is C=CC(=C=Cc1ccc(OC2CCCCO2)cc1)OC1CCCCO1. The zero-order chi connectivity index (χ0) is 17.3.